The number of primary amides is 1. The highest BCUT2D eigenvalue weighted by atomic mass is 16.5. The maximum absolute atomic E-state index is 11.4. The fourth-order valence-corrected chi connectivity index (χ4v) is 2.53. The van der Waals surface area contributed by atoms with Crippen LogP contribution >= 0.6 is 0 Å². The molecule has 0 radical (unpaired) electrons. The van der Waals surface area contributed by atoms with E-state index in [2.05, 4.69) is 5.10 Å². The Morgan fingerprint density at radius 1 is 1.37 bits per heavy atom. The van der Waals surface area contributed by atoms with Crippen molar-refractivity contribution < 1.29 is 14.3 Å². The summed E-state index contributed by atoms with van der Waals surface area (Å²) < 4.78 is 6.43. The van der Waals surface area contributed by atoms with Crippen molar-refractivity contribution in [3.8, 4) is 0 Å². The molecule has 0 aromatic carbocycles. The molecule has 4 N–H and O–H groups in total. The van der Waals surface area contributed by atoms with Gasteiger partial charge in [0.15, 0.2) is 5.69 Å². The summed E-state index contributed by atoms with van der Waals surface area (Å²) in [5, 5.41) is 4.12. The van der Waals surface area contributed by atoms with Crippen molar-refractivity contribution in [2.24, 2.45) is 11.7 Å². The van der Waals surface area contributed by atoms with Crippen molar-refractivity contribution in [1.82, 2.24) is 9.78 Å². The maximum Gasteiger partial charge on any atom is 0.308 e. The van der Waals surface area contributed by atoms with Crippen LogP contribution in [0.1, 0.15) is 42.2 Å². The fourth-order valence-electron chi connectivity index (χ4n) is 2.53. The number of aromatic nitrogens is 2. The van der Waals surface area contributed by atoms with E-state index >= 15 is 0 Å². The highest BCUT2D eigenvalue weighted by Crippen LogP contribution is 2.33. The summed E-state index contributed by atoms with van der Waals surface area (Å²) >= 11 is 0. The van der Waals surface area contributed by atoms with E-state index in [1.165, 1.54) is 7.11 Å². The Morgan fingerprint density at radius 2 is 2.00 bits per heavy atom. The van der Waals surface area contributed by atoms with Crippen LogP contribution < -0.4 is 11.5 Å². The molecule has 0 saturated heterocycles. The van der Waals surface area contributed by atoms with Gasteiger partial charge in [-0.1, -0.05) is 0 Å². The van der Waals surface area contributed by atoms with Gasteiger partial charge in [-0.25, -0.2) is 0 Å². The van der Waals surface area contributed by atoms with Crippen molar-refractivity contribution in [2.75, 3.05) is 12.8 Å². The molecule has 1 amide bonds. The molecule has 1 aliphatic carbocycles. The monoisotopic (exact) mass is 266 g/mol. The molecule has 0 aliphatic heterocycles. The summed E-state index contributed by atoms with van der Waals surface area (Å²) in [6.45, 7) is 0. The van der Waals surface area contributed by atoms with E-state index < -0.39 is 5.91 Å². The molecule has 1 aliphatic rings. The van der Waals surface area contributed by atoms with Crippen molar-refractivity contribution in [2.45, 2.75) is 31.7 Å². The third-order valence-electron chi connectivity index (χ3n) is 3.60. The van der Waals surface area contributed by atoms with Gasteiger partial charge in [0.2, 0.25) is 0 Å². The van der Waals surface area contributed by atoms with Gasteiger partial charge in [-0.3, -0.25) is 14.3 Å². The molecule has 0 bridgehead atoms. The van der Waals surface area contributed by atoms with E-state index in [9.17, 15) is 9.59 Å². The number of anilines is 1. The molecule has 0 spiro atoms. The lowest BCUT2D eigenvalue weighted by Gasteiger charge is -2.26. The van der Waals surface area contributed by atoms with E-state index in [1.807, 2.05) is 0 Å². The van der Waals surface area contributed by atoms with Gasteiger partial charge in [0.05, 0.1) is 24.8 Å². The highest BCUT2D eigenvalue weighted by molar-refractivity contribution is 5.95. The average Bonchev–Trinajstić information content (AvgIpc) is 2.80. The number of hydrogen-bond acceptors (Lipinski definition) is 5. The van der Waals surface area contributed by atoms with Crippen LogP contribution in [-0.2, 0) is 9.53 Å². The zero-order valence-electron chi connectivity index (χ0n) is 10.8. The molecule has 7 heteroatoms. The molecule has 0 unspecified atom stereocenters. The molecule has 2 rings (SSSR count). The number of methoxy groups -OCH3 is 1. The van der Waals surface area contributed by atoms with Crippen molar-refractivity contribution in [1.29, 1.82) is 0 Å². The van der Waals surface area contributed by atoms with Crippen molar-refractivity contribution in [3.05, 3.63) is 11.9 Å². The predicted molar refractivity (Wildman–Crippen MR) is 68.2 cm³/mol. The Balaban J connectivity index is 2.04. The second kappa shape index (κ2) is 5.29. The first-order chi connectivity index (χ1) is 9.02. The first-order valence-electron chi connectivity index (χ1n) is 6.25. The first-order valence-corrected chi connectivity index (χ1v) is 6.25. The second-order valence-electron chi connectivity index (χ2n) is 4.81. The summed E-state index contributed by atoms with van der Waals surface area (Å²) in [5.74, 6) is -0.819. The zero-order valence-corrected chi connectivity index (χ0v) is 10.8. The van der Waals surface area contributed by atoms with Gasteiger partial charge in [-0.05, 0) is 25.7 Å². The average molecular weight is 266 g/mol. The number of hydrogen-bond donors (Lipinski definition) is 2. The Morgan fingerprint density at radius 3 is 2.47 bits per heavy atom. The van der Waals surface area contributed by atoms with Crippen LogP contribution in [0.25, 0.3) is 0 Å². The SMILES string of the molecule is COC(=O)[C@H]1CC[C@H](n2cc(N)c(C(N)=O)n2)CC1. The highest BCUT2D eigenvalue weighted by Gasteiger charge is 2.28. The molecule has 1 fully saturated rings. The molecule has 7 nitrogen and oxygen atoms in total. The Hall–Kier alpha value is -2.05. The summed E-state index contributed by atoms with van der Waals surface area (Å²) in [6, 6.07) is 0.149. The van der Waals surface area contributed by atoms with E-state index in [4.69, 9.17) is 16.2 Å². The number of esters is 1. The summed E-state index contributed by atoms with van der Waals surface area (Å²) in [6.07, 6.45) is 4.74. The van der Waals surface area contributed by atoms with E-state index in [-0.39, 0.29) is 23.6 Å². The molecule has 1 heterocycles. The summed E-state index contributed by atoms with van der Waals surface area (Å²) in [7, 11) is 1.40. The van der Waals surface area contributed by atoms with Gasteiger partial charge in [0.1, 0.15) is 0 Å². The fraction of sp³-hybridized carbons (Fsp3) is 0.583. The predicted octanol–water partition coefficient (Wildman–Crippen LogP) is 0.468. The Bertz CT molecular complexity index is 489. The van der Waals surface area contributed by atoms with Crippen LogP contribution in [0.4, 0.5) is 5.69 Å². The molecule has 1 aromatic heterocycles. The second-order valence-corrected chi connectivity index (χ2v) is 4.81. The molecular formula is C12H18N4O3. The lowest BCUT2D eigenvalue weighted by Crippen LogP contribution is -2.25. The van der Waals surface area contributed by atoms with Crippen molar-refractivity contribution in [3.63, 3.8) is 0 Å². The van der Waals surface area contributed by atoms with Crippen LogP contribution in [0.2, 0.25) is 0 Å². The van der Waals surface area contributed by atoms with Crippen LogP contribution in [0.15, 0.2) is 6.20 Å². The minimum Gasteiger partial charge on any atom is -0.469 e. The maximum atomic E-state index is 11.4. The van der Waals surface area contributed by atoms with Gasteiger partial charge >= 0.3 is 5.97 Å². The minimum atomic E-state index is -0.625. The standard InChI is InChI=1S/C12H18N4O3/c1-19-12(18)7-2-4-8(5-3-7)16-6-9(13)10(15-16)11(14)17/h6-8H,2-5,13H2,1H3,(H2,14,17)/t7-,8-. The van der Waals surface area contributed by atoms with Gasteiger partial charge < -0.3 is 16.2 Å². The normalized spacial score (nSPS) is 23.0. The number of carbonyl (C=O) groups is 2. The van der Waals surface area contributed by atoms with Gasteiger partial charge in [0, 0.05) is 6.20 Å². The zero-order chi connectivity index (χ0) is 14.0. The number of ether oxygens (including phenoxy) is 1. The molecule has 1 saturated carbocycles. The van der Waals surface area contributed by atoms with Crippen molar-refractivity contribution >= 4 is 17.6 Å². The topological polar surface area (TPSA) is 113 Å². The number of rotatable bonds is 3. The van der Waals surface area contributed by atoms with E-state index in [0.29, 0.717) is 5.69 Å². The number of carbonyl (C=O) groups excluding carboxylic acids is 2. The number of nitrogen functional groups attached to an aromatic ring is 1. The largest absolute Gasteiger partial charge is 0.469 e. The minimum absolute atomic E-state index is 0.0372. The first kappa shape index (κ1) is 13.4. The van der Waals surface area contributed by atoms with Gasteiger partial charge in [-0.15, -0.1) is 0 Å². The summed E-state index contributed by atoms with van der Waals surface area (Å²) in [5.41, 5.74) is 11.3. The van der Waals surface area contributed by atoms with Crippen LogP contribution in [0, 0.1) is 5.92 Å². The molecular weight excluding hydrogens is 248 g/mol. The third-order valence-corrected chi connectivity index (χ3v) is 3.60. The Labute approximate surface area is 110 Å². The quantitative estimate of drug-likeness (QED) is 0.772. The van der Waals surface area contributed by atoms with Crippen LogP contribution in [0.3, 0.4) is 0 Å². The lowest BCUT2D eigenvalue weighted by molar-refractivity contribution is -0.146. The number of amides is 1. The van der Waals surface area contributed by atoms with Gasteiger partial charge in [0.25, 0.3) is 5.91 Å². The number of nitrogens with zero attached hydrogens (tertiary/aromatic N) is 2. The summed E-state index contributed by atoms with van der Waals surface area (Å²) in [4.78, 5) is 22.5. The van der Waals surface area contributed by atoms with Crippen LogP contribution in [-0.4, -0.2) is 28.8 Å². The van der Waals surface area contributed by atoms with E-state index in [1.54, 1.807) is 10.9 Å². The lowest BCUT2D eigenvalue weighted by atomic mass is 9.86. The van der Waals surface area contributed by atoms with E-state index in [0.717, 1.165) is 25.7 Å². The van der Waals surface area contributed by atoms with Crippen LogP contribution in [0.5, 0.6) is 0 Å². The molecule has 1 aromatic rings. The molecule has 104 valence electrons. The molecule has 0 atom stereocenters. The Kier molecular flexibility index (Phi) is 3.73. The number of nitrogens with two attached hydrogens (primary N) is 2. The third kappa shape index (κ3) is 2.69. The smallest absolute Gasteiger partial charge is 0.308 e. The molecule has 19 heavy (non-hydrogen) atoms. The van der Waals surface area contributed by atoms with Gasteiger partial charge in [-0.2, -0.15) is 5.10 Å².